The first-order valence-corrected chi connectivity index (χ1v) is 18.3. The molecule has 0 saturated carbocycles. The van der Waals surface area contributed by atoms with Crippen LogP contribution in [0.15, 0.2) is 114 Å². The van der Waals surface area contributed by atoms with Gasteiger partial charge in [0.2, 0.25) is 15.9 Å². The average molecular weight is 682 g/mol. The van der Waals surface area contributed by atoms with E-state index in [0.717, 1.165) is 42.6 Å². The molecule has 0 unspecified atom stereocenters. The second-order valence-corrected chi connectivity index (χ2v) is 14.3. The number of benzene rings is 4. The predicted molar refractivity (Wildman–Crippen MR) is 191 cm³/mol. The number of amides is 3. The molecule has 4 aromatic carbocycles. The molecule has 2 fully saturated rings. The van der Waals surface area contributed by atoms with E-state index < -0.39 is 28.0 Å². The molecule has 2 atom stereocenters. The monoisotopic (exact) mass is 681 g/mol. The molecule has 2 saturated heterocycles. The van der Waals surface area contributed by atoms with E-state index in [1.54, 1.807) is 48.5 Å². The van der Waals surface area contributed by atoms with Gasteiger partial charge in [-0.3, -0.25) is 9.69 Å². The van der Waals surface area contributed by atoms with Crippen LogP contribution in [0.25, 0.3) is 11.1 Å². The van der Waals surface area contributed by atoms with E-state index in [1.807, 2.05) is 60.7 Å². The van der Waals surface area contributed by atoms with Crippen LogP contribution in [0.1, 0.15) is 25.3 Å². The Kier molecular flexibility index (Phi) is 10.9. The van der Waals surface area contributed by atoms with Crippen LogP contribution in [0, 0.1) is 0 Å². The molecular weight excluding hydrogens is 639 g/mol. The summed E-state index contributed by atoms with van der Waals surface area (Å²) in [6, 6.07) is 32.1. The number of urea groups is 1. The largest absolute Gasteiger partial charge is 0.489 e. The summed E-state index contributed by atoms with van der Waals surface area (Å²) in [6.45, 7) is 4.84. The number of likely N-dealkylation sites (N-methyl/N-ethyl adjacent to an activating group) is 1. The van der Waals surface area contributed by atoms with E-state index >= 15 is 0 Å². The maximum absolute atomic E-state index is 14.1. The van der Waals surface area contributed by atoms with E-state index in [9.17, 15) is 18.0 Å². The van der Waals surface area contributed by atoms with Crippen LogP contribution < -0.4 is 15.4 Å². The molecule has 0 aliphatic carbocycles. The molecule has 10 nitrogen and oxygen atoms in total. The third-order valence-electron chi connectivity index (χ3n) is 9.26. The zero-order valence-corrected chi connectivity index (χ0v) is 28.5. The van der Waals surface area contributed by atoms with Crippen molar-refractivity contribution >= 4 is 27.6 Å². The highest BCUT2D eigenvalue weighted by molar-refractivity contribution is 7.89. The van der Waals surface area contributed by atoms with Gasteiger partial charge in [0, 0.05) is 37.9 Å². The summed E-state index contributed by atoms with van der Waals surface area (Å²) in [4.78, 5) is 31.2. The molecule has 6 rings (SSSR count). The fourth-order valence-corrected chi connectivity index (χ4v) is 8.06. The summed E-state index contributed by atoms with van der Waals surface area (Å²) in [5.74, 6) is 0.253. The number of sulfonamides is 1. The Hall–Kier alpha value is -4.71. The molecule has 2 N–H and O–H groups in total. The smallest absolute Gasteiger partial charge is 0.321 e. The number of carbonyl (C=O) groups is 2. The number of anilines is 1. The van der Waals surface area contributed by atoms with Crippen molar-refractivity contribution < 1.29 is 22.7 Å². The number of piperazine rings is 1. The molecule has 256 valence electrons. The van der Waals surface area contributed by atoms with Gasteiger partial charge in [0.15, 0.2) is 0 Å². The van der Waals surface area contributed by atoms with Gasteiger partial charge in [0.25, 0.3) is 0 Å². The Morgan fingerprint density at radius 3 is 2.18 bits per heavy atom. The molecule has 2 aliphatic rings. The van der Waals surface area contributed by atoms with E-state index in [-0.39, 0.29) is 30.6 Å². The van der Waals surface area contributed by atoms with Crippen molar-refractivity contribution in [2.45, 2.75) is 43.4 Å². The second-order valence-electron chi connectivity index (χ2n) is 12.4. The van der Waals surface area contributed by atoms with Crippen molar-refractivity contribution in [3.8, 4) is 16.9 Å². The van der Waals surface area contributed by atoms with E-state index in [0.29, 0.717) is 24.6 Å². The lowest BCUT2D eigenvalue weighted by Crippen LogP contribution is -2.62. The van der Waals surface area contributed by atoms with Crippen LogP contribution in [-0.4, -0.2) is 85.8 Å². The molecule has 0 spiro atoms. The van der Waals surface area contributed by atoms with Gasteiger partial charge in [-0.1, -0.05) is 79.7 Å². The minimum Gasteiger partial charge on any atom is -0.489 e. The number of ether oxygens (including phenoxy) is 1. The summed E-state index contributed by atoms with van der Waals surface area (Å²) < 4.78 is 35.2. The number of hydrogen-bond donors (Lipinski definition) is 2. The van der Waals surface area contributed by atoms with Crippen LogP contribution in [0.5, 0.6) is 5.75 Å². The van der Waals surface area contributed by atoms with Gasteiger partial charge < -0.3 is 20.3 Å². The fourth-order valence-electron chi connectivity index (χ4n) is 6.49. The summed E-state index contributed by atoms with van der Waals surface area (Å²) in [7, 11) is -4.06. The highest BCUT2D eigenvalue weighted by Crippen LogP contribution is 2.26. The molecule has 2 aliphatic heterocycles. The van der Waals surface area contributed by atoms with Gasteiger partial charge in [0.1, 0.15) is 18.4 Å². The molecule has 2 heterocycles. The summed E-state index contributed by atoms with van der Waals surface area (Å²) >= 11 is 0. The lowest BCUT2D eigenvalue weighted by Gasteiger charge is -2.39. The van der Waals surface area contributed by atoms with Gasteiger partial charge in [0.05, 0.1) is 4.90 Å². The fraction of sp³-hybridized carbons (Fsp3) is 0.316. The van der Waals surface area contributed by atoms with Crippen molar-refractivity contribution in [1.29, 1.82) is 0 Å². The molecule has 4 aromatic rings. The molecule has 0 aromatic heterocycles. The zero-order valence-electron chi connectivity index (χ0n) is 27.7. The first-order valence-electron chi connectivity index (χ1n) is 16.8. The first kappa shape index (κ1) is 34.2. The molecule has 11 heteroatoms. The highest BCUT2D eigenvalue weighted by Gasteiger charge is 2.41. The third-order valence-corrected chi connectivity index (χ3v) is 11.2. The zero-order chi connectivity index (χ0) is 34.2. The topological polar surface area (TPSA) is 111 Å². The summed E-state index contributed by atoms with van der Waals surface area (Å²) in [6.07, 6.45) is 2.03. The number of likely N-dealkylation sites (tertiary alicyclic amines) is 1. The second kappa shape index (κ2) is 15.7. The van der Waals surface area contributed by atoms with Gasteiger partial charge >= 0.3 is 6.03 Å². The number of nitrogens with one attached hydrogen (secondary N) is 2. The van der Waals surface area contributed by atoms with Gasteiger partial charge in [-0.15, -0.1) is 0 Å². The quantitative estimate of drug-likeness (QED) is 0.218. The molecular formula is C38H43N5O5S. The predicted octanol–water partition coefficient (Wildman–Crippen LogP) is 5.44. The van der Waals surface area contributed by atoms with E-state index in [1.165, 1.54) is 9.21 Å². The van der Waals surface area contributed by atoms with Crippen LogP contribution in [0.4, 0.5) is 10.5 Å². The first-order chi connectivity index (χ1) is 23.8. The van der Waals surface area contributed by atoms with Crippen molar-refractivity contribution in [3.05, 3.63) is 115 Å². The highest BCUT2D eigenvalue weighted by atomic mass is 32.2. The standard InChI is InChI=1S/C38H43N5O5S/c1-2-41-23-9-14-33(41)26-39-37(44)36-27-42(38(45)40-32-17-19-34(20-18-32)48-28-29-10-5-3-6-11-29)24-25-43(36)49(46,47)35-21-15-31(16-22-35)30-12-7-4-8-13-30/h3-8,10-13,15-22,33,36H,2,9,14,23-28H2,1H3,(H,39,44)(H,40,45)/t33-,36+/m0/s1. The van der Waals surface area contributed by atoms with Crippen LogP contribution >= 0.6 is 0 Å². The minimum absolute atomic E-state index is 0.0228. The van der Waals surface area contributed by atoms with Crippen molar-refractivity contribution in [2.24, 2.45) is 0 Å². The molecule has 0 radical (unpaired) electrons. The van der Waals surface area contributed by atoms with Crippen molar-refractivity contribution in [3.63, 3.8) is 0 Å². The van der Waals surface area contributed by atoms with Gasteiger partial charge in [-0.25, -0.2) is 13.2 Å². The molecule has 49 heavy (non-hydrogen) atoms. The molecule has 0 bridgehead atoms. The Morgan fingerprint density at radius 2 is 1.49 bits per heavy atom. The van der Waals surface area contributed by atoms with E-state index in [2.05, 4.69) is 22.5 Å². The van der Waals surface area contributed by atoms with Crippen LogP contribution in [0.3, 0.4) is 0 Å². The normalized spacial score (nSPS) is 18.6. The molecule has 3 amide bonds. The lowest BCUT2D eigenvalue weighted by atomic mass is 10.1. The van der Waals surface area contributed by atoms with E-state index in [4.69, 9.17) is 4.74 Å². The summed E-state index contributed by atoms with van der Waals surface area (Å²) in [5, 5.41) is 5.92. The summed E-state index contributed by atoms with van der Waals surface area (Å²) in [5.41, 5.74) is 3.48. The average Bonchev–Trinajstić information content (AvgIpc) is 3.62. The van der Waals surface area contributed by atoms with Crippen LogP contribution in [0.2, 0.25) is 0 Å². The number of hydrogen-bond acceptors (Lipinski definition) is 6. The third kappa shape index (κ3) is 8.30. The maximum Gasteiger partial charge on any atom is 0.321 e. The Morgan fingerprint density at radius 1 is 0.816 bits per heavy atom. The van der Waals surface area contributed by atoms with Crippen molar-refractivity contribution in [1.82, 2.24) is 19.4 Å². The van der Waals surface area contributed by atoms with Gasteiger partial charge in [-0.2, -0.15) is 4.31 Å². The SMILES string of the molecule is CCN1CCC[C@H]1CNC(=O)[C@H]1CN(C(=O)Nc2ccc(OCc3ccccc3)cc2)CCN1S(=O)(=O)c1ccc(-c2ccccc2)cc1. The minimum atomic E-state index is -4.06. The number of nitrogens with zero attached hydrogens (tertiary/aromatic N) is 3. The van der Waals surface area contributed by atoms with Gasteiger partial charge in [-0.05, 0) is 79.0 Å². The van der Waals surface area contributed by atoms with Crippen LogP contribution in [-0.2, 0) is 21.4 Å². The number of rotatable bonds is 11. The Bertz CT molecular complexity index is 1810. The lowest BCUT2D eigenvalue weighted by molar-refractivity contribution is -0.126. The Balaban J connectivity index is 1.15. The number of carbonyl (C=O) groups excluding carboxylic acids is 2. The van der Waals surface area contributed by atoms with Crippen molar-refractivity contribution in [2.75, 3.05) is 44.6 Å². The maximum atomic E-state index is 14.1. The Labute approximate surface area is 288 Å².